The van der Waals surface area contributed by atoms with Gasteiger partial charge in [0.1, 0.15) is 11.5 Å². The van der Waals surface area contributed by atoms with Crippen molar-refractivity contribution in [2.24, 2.45) is 0 Å². The molecular formula is C15H23ClN4O. The standard InChI is InChI=1S/C15H23ClN4O/c1-3-17-13-7-6-12(16)14(19-13)15(21)18-10-11(2)20-8-4-5-9-20/h6-7,11H,3-5,8-10H2,1-2H3,(H,17,19)(H,18,21). The number of hydrogen-bond acceptors (Lipinski definition) is 4. The molecule has 2 N–H and O–H groups in total. The summed E-state index contributed by atoms with van der Waals surface area (Å²) < 4.78 is 0. The van der Waals surface area contributed by atoms with E-state index in [1.165, 1.54) is 12.8 Å². The number of pyridine rings is 1. The molecule has 0 bridgehead atoms. The summed E-state index contributed by atoms with van der Waals surface area (Å²) >= 11 is 6.07. The van der Waals surface area contributed by atoms with Gasteiger partial charge in [-0.2, -0.15) is 0 Å². The highest BCUT2D eigenvalue weighted by molar-refractivity contribution is 6.33. The number of hydrogen-bond donors (Lipinski definition) is 2. The molecule has 0 radical (unpaired) electrons. The van der Waals surface area contributed by atoms with Crippen LogP contribution < -0.4 is 10.6 Å². The molecule has 0 aliphatic carbocycles. The van der Waals surface area contributed by atoms with Crippen LogP contribution in [0.4, 0.5) is 5.82 Å². The Balaban J connectivity index is 1.94. The fourth-order valence-electron chi connectivity index (χ4n) is 2.52. The van der Waals surface area contributed by atoms with Gasteiger partial charge in [0, 0.05) is 19.1 Å². The van der Waals surface area contributed by atoms with E-state index in [0.29, 0.717) is 23.4 Å². The summed E-state index contributed by atoms with van der Waals surface area (Å²) in [6, 6.07) is 3.81. The topological polar surface area (TPSA) is 57.3 Å². The van der Waals surface area contributed by atoms with E-state index < -0.39 is 0 Å². The van der Waals surface area contributed by atoms with Crippen LogP contribution in [0.3, 0.4) is 0 Å². The Hall–Kier alpha value is -1.33. The number of aromatic nitrogens is 1. The van der Waals surface area contributed by atoms with E-state index in [0.717, 1.165) is 19.6 Å². The Labute approximate surface area is 131 Å². The van der Waals surface area contributed by atoms with Crippen LogP contribution in [0.1, 0.15) is 37.2 Å². The Bertz CT molecular complexity index is 489. The van der Waals surface area contributed by atoms with Gasteiger partial charge in [0.15, 0.2) is 0 Å². The number of anilines is 1. The number of rotatable bonds is 6. The van der Waals surface area contributed by atoms with Gasteiger partial charge in [-0.3, -0.25) is 9.69 Å². The molecule has 1 aliphatic heterocycles. The van der Waals surface area contributed by atoms with Crippen molar-refractivity contribution in [3.05, 3.63) is 22.8 Å². The van der Waals surface area contributed by atoms with Gasteiger partial charge in [0.2, 0.25) is 0 Å². The summed E-state index contributed by atoms with van der Waals surface area (Å²) in [6.45, 7) is 7.71. The lowest BCUT2D eigenvalue weighted by Gasteiger charge is -2.23. The summed E-state index contributed by atoms with van der Waals surface area (Å²) in [5.74, 6) is 0.449. The van der Waals surface area contributed by atoms with Gasteiger partial charge < -0.3 is 10.6 Å². The van der Waals surface area contributed by atoms with Crippen molar-refractivity contribution >= 4 is 23.3 Å². The Morgan fingerprint density at radius 1 is 1.43 bits per heavy atom. The first-order valence-electron chi connectivity index (χ1n) is 7.54. The predicted molar refractivity (Wildman–Crippen MR) is 86.0 cm³/mol. The molecule has 1 atom stereocenters. The molecule has 0 spiro atoms. The van der Waals surface area contributed by atoms with E-state index in [1.54, 1.807) is 12.1 Å². The number of carbonyl (C=O) groups is 1. The third kappa shape index (κ3) is 4.32. The van der Waals surface area contributed by atoms with Crippen molar-refractivity contribution in [3.8, 4) is 0 Å². The number of halogens is 1. The zero-order valence-electron chi connectivity index (χ0n) is 12.7. The van der Waals surface area contributed by atoms with E-state index in [-0.39, 0.29) is 11.6 Å². The van der Waals surface area contributed by atoms with Crippen LogP contribution in [0.25, 0.3) is 0 Å². The molecule has 21 heavy (non-hydrogen) atoms. The number of carbonyl (C=O) groups excluding carboxylic acids is 1. The molecule has 1 aliphatic rings. The second kappa shape index (κ2) is 7.61. The SMILES string of the molecule is CCNc1ccc(Cl)c(C(=O)NCC(C)N2CCCC2)n1. The quantitative estimate of drug-likeness (QED) is 0.847. The van der Waals surface area contributed by atoms with Crippen molar-refractivity contribution in [2.45, 2.75) is 32.7 Å². The van der Waals surface area contributed by atoms with E-state index in [9.17, 15) is 4.79 Å². The monoisotopic (exact) mass is 310 g/mol. The fraction of sp³-hybridized carbons (Fsp3) is 0.600. The van der Waals surface area contributed by atoms with Gasteiger partial charge in [0.25, 0.3) is 5.91 Å². The summed E-state index contributed by atoms with van der Waals surface area (Å²) in [6.07, 6.45) is 2.49. The summed E-state index contributed by atoms with van der Waals surface area (Å²) in [5.41, 5.74) is 0.281. The van der Waals surface area contributed by atoms with Crippen molar-refractivity contribution in [2.75, 3.05) is 31.5 Å². The summed E-state index contributed by atoms with van der Waals surface area (Å²) in [7, 11) is 0. The number of likely N-dealkylation sites (tertiary alicyclic amines) is 1. The van der Waals surface area contributed by atoms with Crippen molar-refractivity contribution in [3.63, 3.8) is 0 Å². The van der Waals surface area contributed by atoms with Crippen molar-refractivity contribution in [1.82, 2.24) is 15.2 Å². The zero-order valence-corrected chi connectivity index (χ0v) is 13.4. The normalized spacial score (nSPS) is 16.7. The minimum atomic E-state index is -0.217. The Kier molecular flexibility index (Phi) is 5.82. The van der Waals surface area contributed by atoms with E-state index >= 15 is 0 Å². The minimum Gasteiger partial charge on any atom is -0.370 e. The van der Waals surface area contributed by atoms with Crippen LogP contribution in [0.15, 0.2) is 12.1 Å². The molecule has 1 amide bonds. The van der Waals surface area contributed by atoms with Crippen LogP contribution in [-0.4, -0.2) is 48.0 Å². The Morgan fingerprint density at radius 2 is 2.14 bits per heavy atom. The largest absolute Gasteiger partial charge is 0.370 e. The highest BCUT2D eigenvalue weighted by Gasteiger charge is 2.19. The van der Waals surface area contributed by atoms with Crippen LogP contribution in [-0.2, 0) is 0 Å². The highest BCUT2D eigenvalue weighted by Crippen LogP contribution is 2.17. The first kappa shape index (κ1) is 16.0. The van der Waals surface area contributed by atoms with E-state index in [1.807, 2.05) is 6.92 Å². The average molecular weight is 311 g/mol. The molecule has 1 unspecified atom stereocenters. The fourth-order valence-corrected chi connectivity index (χ4v) is 2.71. The second-order valence-corrected chi connectivity index (χ2v) is 5.77. The average Bonchev–Trinajstić information content (AvgIpc) is 3.01. The van der Waals surface area contributed by atoms with Gasteiger partial charge in [0.05, 0.1) is 5.02 Å². The predicted octanol–water partition coefficient (Wildman–Crippen LogP) is 2.38. The van der Waals surface area contributed by atoms with Gasteiger partial charge in [-0.05, 0) is 51.9 Å². The minimum absolute atomic E-state index is 0.217. The first-order valence-corrected chi connectivity index (χ1v) is 7.92. The maximum Gasteiger partial charge on any atom is 0.271 e. The number of nitrogens with one attached hydrogen (secondary N) is 2. The molecule has 6 heteroatoms. The van der Waals surface area contributed by atoms with Crippen LogP contribution >= 0.6 is 11.6 Å². The lowest BCUT2D eigenvalue weighted by Crippen LogP contribution is -2.41. The first-order chi connectivity index (χ1) is 10.1. The third-order valence-corrected chi connectivity index (χ3v) is 4.05. The molecule has 116 valence electrons. The molecule has 2 rings (SSSR count). The summed E-state index contributed by atoms with van der Waals surface area (Å²) in [4.78, 5) is 18.9. The van der Waals surface area contributed by atoms with Crippen LogP contribution in [0.5, 0.6) is 0 Å². The van der Waals surface area contributed by atoms with Gasteiger partial charge in [-0.15, -0.1) is 0 Å². The molecular weight excluding hydrogens is 288 g/mol. The van der Waals surface area contributed by atoms with Gasteiger partial charge in [-0.25, -0.2) is 4.98 Å². The Morgan fingerprint density at radius 3 is 2.81 bits per heavy atom. The smallest absolute Gasteiger partial charge is 0.271 e. The maximum atomic E-state index is 12.2. The molecule has 1 fully saturated rings. The molecule has 2 heterocycles. The molecule has 0 saturated carbocycles. The van der Waals surface area contributed by atoms with Crippen LogP contribution in [0, 0.1) is 0 Å². The van der Waals surface area contributed by atoms with Crippen LogP contribution in [0.2, 0.25) is 5.02 Å². The van der Waals surface area contributed by atoms with Crippen molar-refractivity contribution in [1.29, 1.82) is 0 Å². The maximum absolute atomic E-state index is 12.2. The number of amides is 1. The lowest BCUT2D eigenvalue weighted by molar-refractivity contribution is 0.0935. The molecule has 1 aromatic rings. The van der Waals surface area contributed by atoms with Gasteiger partial charge in [-0.1, -0.05) is 11.6 Å². The molecule has 1 aromatic heterocycles. The van der Waals surface area contributed by atoms with Gasteiger partial charge >= 0.3 is 0 Å². The lowest BCUT2D eigenvalue weighted by atomic mass is 10.2. The molecule has 0 aromatic carbocycles. The second-order valence-electron chi connectivity index (χ2n) is 5.36. The van der Waals surface area contributed by atoms with E-state index in [4.69, 9.17) is 11.6 Å². The zero-order chi connectivity index (χ0) is 15.2. The van der Waals surface area contributed by atoms with E-state index in [2.05, 4.69) is 27.4 Å². The molecule has 5 nitrogen and oxygen atoms in total. The highest BCUT2D eigenvalue weighted by atomic mass is 35.5. The third-order valence-electron chi connectivity index (χ3n) is 3.74. The van der Waals surface area contributed by atoms with Crippen molar-refractivity contribution < 1.29 is 4.79 Å². The number of nitrogens with zero attached hydrogens (tertiary/aromatic N) is 2. The summed E-state index contributed by atoms with van der Waals surface area (Å²) in [5, 5.41) is 6.39. The molecule has 1 saturated heterocycles.